The minimum Gasteiger partial charge on any atom is -0.352 e. The molecule has 1 atom stereocenters. The van der Waals surface area contributed by atoms with E-state index in [9.17, 15) is 9.59 Å². The molecule has 0 saturated carbocycles. The highest BCUT2D eigenvalue weighted by atomic mass is 35.5. The van der Waals surface area contributed by atoms with E-state index in [-0.39, 0.29) is 24.2 Å². The quantitative estimate of drug-likeness (QED) is 0.909. The smallest absolute Gasteiger partial charge is 0.227 e. The van der Waals surface area contributed by atoms with Crippen molar-refractivity contribution in [3.8, 4) is 0 Å². The molecule has 3 rings (SSSR count). The average molecular weight is 357 g/mol. The molecule has 0 radical (unpaired) electrons. The van der Waals surface area contributed by atoms with Crippen LogP contribution in [0.3, 0.4) is 0 Å². The zero-order chi connectivity index (χ0) is 18.0. The topological polar surface area (TPSA) is 49.4 Å². The zero-order valence-corrected chi connectivity index (χ0v) is 15.1. The molecular formula is C20H21ClN2O2. The van der Waals surface area contributed by atoms with Gasteiger partial charge in [-0.25, -0.2) is 0 Å². The monoisotopic (exact) mass is 356 g/mol. The van der Waals surface area contributed by atoms with Gasteiger partial charge in [0.25, 0.3) is 0 Å². The third-order valence-electron chi connectivity index (χ3n) is 4.53. The van der Waals surface area contributed by atoms with Crippen molar-refractivity contribution in [2.24, 2.45) is 5.92 Å². The number of hydrogen-bond donors (Lipinski definition) is 1. The first-order valence-corrected chi connectivity index (χ1v) is 8.71. The molecule has 4 nitrogen and oxygen atoms in total. The Morgan fingerprint density at radius 2 is 1.92 bits per heavy atom. The molecule has 5 heteroatoms. The molecule has 1 fully saturated rings. The molecule has 0 aromatic heterocycles. The van der Waals surface area contributed by atoms with E-state index in [0.29, 0.717) is 18.1 Å². The van der Waals surface area contributed by atoms with Gasteiger partial charge in [0.2, 0.25) is 11.8 Å². The molecule has 1 N–H and O–H groups in total. The van der Waals surface area contributed by atoms with E-state index in [4.69, 9.17) is 11.6 Å². The second-order valence-electron chi connectivity index (χ2n) is 6.54. The summed E-state index contributed by atoms with van der Waals surface area (Å²) in [6.07, 6.45) is 0.238. The molecule has 130 valence electrons. The number of nitrogens with one attached hydrogen (secondary N) is 1. The highest BCUT2D eigenvalue weighted by molar-refractivity contribution is 6.30. The van der Waals surface area contributed by atoms with E-state index in [1.165, 1.54) is 5.56 Å². The van der Waals surface area contributed by atoms with Gasteiger partial charge in [0.15, 0.2) is 0 Å². The SMILES string of the molecule is Cc1ccc(CNC(=O)C2CC(=O)N(c3ccc(Cl)cc3C)C2)cc1. The predicted molar refractivity (Wildman–Crippen MR) is 99.7 cm³/mol. The molecule has 1 aliphatic rings. The van der Waals surface area contributed by atoms with Gasteiger partial charge in [-0.3, -0.25) is 9.59 Å². The van der Waals surface area contributed by atoms with Crippen LogP contribution in [-0.2, 0) is 16.1 Å². The van der Waals surface area contributed by atoms with Gasteiger partial charge in [0.1, 0.15) is 0 Å². The summed E-state index contributed by atoms with van der Waals surface area (Å²) in [5.41, 5.74) is 3.99. The fourth-order valence-electron chi connectivity index (χ4n) is 3.08. The number of benzene rings is 2. The summed E-state index contributed by atoms with van der Waals surface area (Å²) >= 11 is 5.98. The lowest BCUT2D eigenvalue weighted by atomic mass is 10.1. The molecule has 2 amide bonds. The van der Waals surface area contributed by atoms with Crippen molar-refractivity contribution in [1.29, 1.82) is 0 Å². The number of aryl methyl sites for hydroxylation is 2. The molecule has 2 aromatic rings. The average Bonchev–Trinajstić information content (AvgIpc) is 2.96. The Labute approximate surface area is 152 Å². The van der Waals surface area contributed by atoms with Gasteiger partial charge in [0, 0.05) is 30.2 Å². The van der Waals surface area contributed by atoms with Gasteiger partial charge in [-0.1, -0.05) is 41.4 Å². The maximum absolute atomic E-state index is 12.4. The van der Waals surface area contributed by atoms with Crippen molar-refractivity contribution in [3.63, 3.8) is 0 Å². The first-order valence-electron chi connectivity index (χ1n) is 8.34. The standard InChI is InChI=1S/C20H21ClN2O2/c1-13-3-5-15(6-4-13)11-22-20(25)16-10-19(24)23(12-16)18-8-7-17(21)9-14(18)2/h3-9,16H,10-12H2,1-2H3,(H,22,25). The number of nitrogens with zero attached hydrogens (tertiary/aromatic N) is 1. The first-order chi connectivity index (χ1) is 11.9. The Morgan fingerprint density at radius 1 is 1.20 bits per heavy atom. The van der Waals surface area contributed by atoms with Crippen molar-refractivity contribution < 1.29 is 9.59 Å². The Kier molecular flexibility index (Phi) is 5.09. The molecular weight excluding hydrogens is 336 g/mol. The predicted octanol–water partition coefficient (Wildman–Crippen LogP) is 3.63. The van der Waals surface area contributed by atoms with E-state index in [0.717, 1.165) is 16.8 Å². The van der Waals surface area contributed by atoms with Crippen molar-refractivity contribution in [3.05, 3.63) is 64.2 Å². The first kappa shape index (κ1) is 17.5. The van der Waals surface area contributed by atoms with Crippen LogP contribution in [0.15, 0.2) is 42.5 Å². The van der Waals surface area contributed by atoms with Crippen LogP contribution in [0.4, 0.5) is 5.69 Å². The number of hydrogen-bond acceptors (Lipinski definition) is 2. The Morgan fingerprint density at radius 3 is 2.60 bits per heavy atom. The van der Waals surface area contributed by atoms with Crippen molar-refractivity contribution in [1.82, 2.24) is 5.32 Å². The summed E-state index contributed by atoms with van der Waals surface area (Å²) in [5.74, 6) is -0.433. The van der Waals surface area contributed by atoms with Crippen molar-refractivity contribution in [2.45, 2.75) is 26.8 Å². The third-order valence-corrected chi connectivity index (χ3v) is 4.77. The molecule has 1 saturated heterocycles. The van der Waals surface area contributed by atoms with E-state index in [2.05, 4.69) is 5.32 Å². The van der Waals surface area contributed by atoms with Crippen LogP contribution in [0.25, 0.3) is 0 Å². The molecule has 1 heterocycles. The van der Waals surface area contributed by atoms with E-state index in [1.54, 1.807) is 11.0 Å². The molecule has 25 heavy (non-hydrogen) atoms. The number of halogens is 1. The zero-order valence-electron chi connectivity index (χ0n) is 14.4. The van der Waals surface area contributed by atoms with Gasteiger partial charge < -0.3 is 10.2 Å². The second kappa shape index (κ2) is 7.28. The number of carbonyl (C=O) groups is 2. The lowest BCUT2D eigenvalue weighted by Crippen LogP contribution is -2.32. The molecule has 1 aliphatic heterocycles. The number of anilines is 1. The van der Waals surface area contributed by atoms with Gasteiger partial charge in [-0.05, 0) is 43.2 Å². The minimum atomic E-state index is -0.326. The normalized spacial score (nSPS) is 17.0. The fraction of sp³-hybridized carbons (Fsp3) is 0.300. The molecule has 0 bridgehead atoms. The van der Waals surface area contributed by atoms with Crippen LogP contribution in [0.5, 0.6) is 0 Å². The van der Waals surface area contributed by atoms with Crippen LogP contribution in [0.2, 0.25) is 5.02 Å². The summed E-state index contributed by atoms with van der Waals surface area (Å²) in [4.78, 5) is 26.5. The van der Waals surface area contributed by atoms with E-state index < -0.39 is 0 Å². The Balaban J connectivity index is 1.63. The Bertz CT molecular complexity index is 802. The van der Waals surface area contributed by atoms with Gasteiger partial charge in [0.05, 0.1) is 5.92 Å². The highest BCUT2D eigenvalue weighted by Gasteiger charge is 2.35. The summed E-state index contributed by atoms with van der Waals surface area (Å²) < 4.78 is 0. The summed E-state index contributed by atoms with van der Waals surface area (Å²) in [6, 6.07) is 13.5. The van der Waals surface area contributed by atoms with Crippen LogP contribution in [-0.4, -0.2) is 18.4 Å². The third kappa shape index (κ3) is 4.02. The lowest BCUT2D eigenvalue weighted by molar-refractivity contribution is -0.126. The van der Waals surface area contributed by atoms with Crippen molar-refractivity contribution in [2.75, 3.05) is 11.4 Å². The van der Waals surface area contributed by atoms with E-state index >= 15 is 0 Å². The number of carbonyl (C=O) groups excluding carboxylic acids is 2. The van der Waals surface area contributed by atoms with Crippen LogP contribution < -0.4 is 10.2 Å². The molecule has 2 aromatic carbocycles. The lowest BCUT2D eigenvalue weighted by Gasteiger charge is -2.19. The van der Waals surface area contributed by atoms with Crippen molar-refractivity contribution >= 4 is 29.1 Å². The minimum absolute atomic E-state index is 0.0269. The Hall–Kier alpha value is -2.33. The summed E-state index contributed by atoms with van der Waals surface area (Å²) in [7, 11) is 0. The fourth-order valence-corrected chi connectivity index (χ4v) is 3.30. The maximum atomic E-state index is 12.4. The second-order valence-corrected chi connectivity index (χ2v) is 6.98. The summed E-state index contributed by atoms with van der Waals surface area (Å²) in [6.45, 7) is 4.82. The number of rotatable bonds is 4. The van der Waals surface area contributed by atoms with Crippen LogP contribution in [0, 0.1) is 19.8 Å². The van der Waals surface area contributed by atoms with Crippen LogP contribution in [0.1, 0.15) is 23.1 Å². The number of amides is 2. The molecule has 0 spiro atoms. The summed E-state index contributed by atoms with van der Waals surface area (Å²) in [5, 5.41) is 3.58. The van der Waals surface area contributed by atoms with E-state index in [1.807, 2.05) is 50.2 Å². The highest BCUT2D eigenvalue weighted by Crippen LogP contribution is 2.29. The molecule has 1 unspecified atom stereocenters. The van der Waals surface area contributed by atoms with Gasteiger partial charge in [-0.15, -0.1) is 0 Å². The van der Waals surface area contributed by atoms with Gasteiger partial charge >= 0.3 is 0 Å². The largest absolute Gasteiger partial charge is 0.352 e. The van der Waals surface area contributed by atoms with Gasteiger partial charge in [-0.2, -0.15) is 0 Å². The molecule has 0 aliphatic carbocycles. The maximum Gasteiger partial charge on any atom is 0.227 e. The van der Waals surface area contributed by atoms with Crippen LogP contribution >= 0.6 is 11.6 Å².